The van der Waals surface area contributed by atoms with Crippen molar-refractivity contribution < 1.29 is 19.4 Å². The van der Waals surface area contributed by atoms with Gasteiger partial charge in [0.25, 0.3) is 0 Å². The van der Waals surface area contributed by atoms with Crippen molar-refractivity contribution in [2.45, 2.75) is 73.3 Å². The lowest BCUT2D eigenvalue weighted by atomic mass is 9.69. The summed E-state index contributed by atoms with van der Waals surface area (Å²) in [5.41, 5.74) is 3.08. The summed E-state index contributed by atoms with van der Waals surface area (Å²) in [6, 6.07) is 0. The zero-order valence-electron chi connectivity index (χ0n) is 18.0. The number of ketones is 1. The van der Waals surface area contributed by atoms with E-state index in [2.05, 4.69) is 33.8 Å². The molecule has 0 aromatic heterocycles. The first kappa shape index (κ1) is 21.0. The van der Waals surface area contributed by atoms with Crippen LogP contribution in [0.15, 0.2) is 34.6 Å². The standard InChI is InChI=1S/C24H34O4/c1-13(2)17-12-20(26)24(6)10-9-15(4)22-18(11-14(3)7-8-19(17)24)21(16(5)25)23(27)28-22/h11-13,16,18-19,21,25H,7-10H2,1-6H3/b14-11+,22-15+/t16-,18+,19+,21+,24-/m0/s1. The van der Waals surface area contributed by atoms with E-state index in [0.717, 1.165) is 31.3 Å². The molecule has 1 heterocycles. The number of allylic oxidation sites excluding steroid dienone is 5. The second-order valence-corrected chi connectivity index (χ2v) is 9.54. The Balaban J connectivity index is 2.02. The first-order valence-corrected chi connectivity index (χ1v) is 10.6. The molecule has 4 heteroatoms. The van der Waals surface area contributed by atoms with Crippen LogP contribution in [-0.2, 0) is 14.3 Å². The van der Waals surface area contributed by atoms with E-state index in [4.69, 9.17) is 4.74 Å². The number of esters is 1. The second-order valence-electron chi connectivity index (χ2n) is 9.54. The molecule has 0 unspecified atom stereocenters. The van der Waals surface area contributed by atoms with Crippen molar-refractivity contribution in [3.05, 3.63) is 34.6 Å². The van der Waals surface area contributed by atoms with Gasteiger partial charge >= 0.3 is 5.97 Å². The fourth-order valence-corrected chi connectivity index (χ4v) is 5.24. The number of hydrogen-bond donors (Lipinski definition) is 1. The number of aliphatic hydroxyl groups excluding tert-OH is 1. The average molecular weight is 387 g/mol. The van der Waals surface area contributed by atoms with Crippen LogP contribution in [0.5, 0.6) is 0 Å². The Labute approximate surface area is 168 Å². The van der Waals surface area contributed by atoms with Crippen LogP contribution in [-0.4, -0.2) is 23.0 Å². The Kier molecular flexibility index (Phi) is 5.73. The van der Waals surface area contributed by atoms with E-state index in [1.54, 1.807) is 6.92 Å². The van der Waals surface area contributed by atoms with Crippen molar-refractivity contribution in [3.8, 4) is 0 Å². The predicted octanol–water partition coefficient (Wildman–Crippen LogP) is 4.74. The third-order valence-corrected chi connectivity index (χ3v) is 7.12. The van der Waals surface area contributed by atoms with Gasteiger partial charge in [0.2, 0.25) is 0 Å². The minimum atomic E-state index is -0.758. The summed E-state index contributed by atoms with van der Waals surface area (Å²) in [4.78, 5) is 25.4. The fraction of sp³-hybridized carbons (Fsp3) is 0.667. The number of aliphatic hydroxyl groups is 1. The molecule has 0 spiro atoms. The van der Waals surface area contributed by atoms with Crippen molar-refractivity contribution in [1.29, 1.82) is 0 Å². The Bertz CT molecular complexity index is 767. The van der Waals surface area contributed by atoms with Crippen LogP contribution in [0.1, 0.15) is 67.2 Å². The first-order valence-electron chi connectivity index (χ1n) is 10.6. The molecule has 28 heavy (non-hydrogen) atoms. The highest BCUT2D eigenvalue weighted by Gasteiger charge is 2.48. The molecule has 0 radical (unpaired) electrons. The summed E-state index contributed by atoms with van der Waals surface area (Å²) in [6.45, 7) is 12.2. The van der Waals surface area contributed by atoms with Gasteiger partial charge in [0.15, 0.2) is 5.78 Å². The van der Waals surface area contributed by atoms with Gasteiger partial charge in [-0.05, 0) is 69.9 Å². The lowest BCUT2D eigenvalue weighted by Crippen LogP contribution is -2.32. The molecule has 3 rings (SSSR count). The van der Waals surface area contributed by atoms with Crippen LogP contribution in [0.3, 0.4) is 0 Å². The van der Waals surface area contributed by atoms with E-state index < -0.39 is 17.4 Å². The Morgan fingerprint density at radius 1 is 1.18 bits per heavy atom. The molecule has 3 aliphatic rings. The van der Waals surface area contributed by atoms with Gasteiger partial charge in [-0.1, -0.05) is 38.0 Å². The summed E-state index contributed by atoms with van der Waals surface area (Å²) in [7, 11) is 0. The molecule has 2 aliphatic carbocycles. The van der Waals surface area contributed by atoms with Gasteiger partial charge in [-0.15, -0.1) is 0 Å². The number of fused-ring (bicyclic) bond motifs is 2. The lowest BCUT2D eigenvalue weighted by molar-refractivity contribution is -0.142. The van der Waals surface area contributed by atoms with Gasteiger partial charge in [-0.25, -0.2) is 0 Å². The summed E-state index contributed by atoms with van der Waals surface area (Å²) in [5, 5.41) is 10.2. The van der Waals surface area contributed by atoms with E-state index in [9.17, 15) is 14.7 Å². The molecule has 5 atom stereocenters. The molecule has 1 aliphatic heterocycles. The van der Waals surface area contributed by atoms with Crippen molar-refractivity contribution in [1.82, 2.24) is 0 Å². The molecule has 1 saturated heterocycles. The zero-order chi connectivity index (χ0) is 20.8. The van der Waals surface area contributed by atoms with Crippen LogP contribution in [0, 0.1) is 29.1 Å². The highest BCUT2D eigenvalue weighted by Crippen LogP contribution is 2.50. The molecule has 0 aromatic rings. The number of ether oxygens (including phenoxy) is 1. The number of rotatable bonds is 2. The largest absolute Gasteiger partial charge is 0.430 e. The molecule has 0 saturated carbocycles. The first-order chi connectivity index (χ1) is 13.1. The third kappa shape index (κ3) is 3.52. The van der Waals surface area contributed by atoms with E-state index in [-0.39, 0.29) is 23.6 Å². The van der Waals surface area contributed by atoms with E-state index >= 15 is 0 Å². The van der Waals surface area contributed by atoms with Crippen LogP contribution in [0.25, 0.3) is 0 Å². The van der Waals surface area contributed by atoms with Gasteiger partial charge < -0.3 is 9.84 Å². The third-order valence-electron chi connectivity index (χ3n) is 7.12. The molecule has 0 amide bonds. The van der Waals surface area contributed by atoms with E-state index in [0.29, 0.717) is 11.7 Å². The summed E-state index contributed by atoms with van der Waals surface area (Å²) < 4.78 is 5.64. The lowest BCUT2D eigenvalue weighted by Gasteiger charge is -2.33. The highest BCUT2D eigenvalue weighted by atomic mass is 16.5. The molecule has 0 aromatic carbocycles. The summed E-state index contributed by atoms with van der Waals surface area (Å²) in [5.74, 6) is 0.429. The number of hydrogen-bond acceptors (Lipinski definition) is 4. The van der Waals surface area contributed by atoms with Gasteiger partial charge in [0.1, 0.15) is 5.76 Å². The Morgan fingerprint density at radius 2 is 1.86 bits per heavy atom. The normalized spacial score (nSPS) is 39.5. The van der Waals surface area contributed by atoms with E-state index in [1.807, 2.05) is 13.0 Å². The minimum Gasteiger partial charge on any atom is -0.430 e. The number of carbonyl (C=O) groups is 2. The van der Waals surface area contributed by atoms with Crippen LogP contribution in [0.4, 0.5) is 0 Å². The smallest absolute Gasteiger partial charge is 0.317 e. The topological polar surface area (TPSA) is 63.6 Å². The quantitative estimate of drug-likeness (QED) is 0.550. The molecule has 1 N–H and O–H groups in total. The van der Waals surface area contributed by atoms with Crippen LogP contribution < -0.4 is 0 Å². The maximum absolute atomic E-state index is 13.0. The molecule has 154 valence electrons. The van der Waals surface area contributed by atoms with Gasteiger partial charge in [0, 0.05) is 5.41 Å². The highest BCUT2D eigenvalue weighted by molar-refractivity contribution is 5.98. The zero-order valence-corrected chi connectivity index (χ0v) is 18.0. The molecular weight excluding hydrogens is 352 g/mol. The predicted molar refractivity (Wildman–Crippen MR) is 109 cm³/mol. The van der Waals surface area contributed by atoms with Crippen molar-refractivity contribution in [2.75, 3.05) is 0 Å². The van der Waals surface area contributed by atoms with Gasteiger partial charge in [-0.3, -0.25) is 9.59 Å². The summed E-state index contributed by atoms with van der Waals surface area (Å²) in [6.07, 6.45) is 6.53. The molecular formula is C24H34O4. The second kappa shape index (κ2) is 7.62. The Morgan fingerprint density at radius 3 is 2.46 bits per heavy atom. The average Bonchev–Trinajstić information content (AvgIpc) is 3.05. The van der Waals surface area contributed by atoms with Crippen LogP contribution >= 0.6 is 0 Å². The van der Waals surface area contributed by atoms with Crippen molar-refractivity contribution in [3.63, 3.8) is 0 Å². The fourth-order valence-electron chi connectivity index (χ4n) is 5.24. The molecule has 1 fully saturated rings. The Hall–Kier alpha value is -1.68. The van der Waals surface area contributed by atoms with Crippen molar-refractivity contribution in [2.24, 2.45) is 29.1 Å². The monoisotopic (exact) mass is 386 g/mol. The van der Waals surface area contributed by atoms with Crippen molar-refractivity contribution >= 4 is 11.8 Å². The van der Waals surface area contributed by atoms with Crippen LogP contribution in [0.2, 0.25) is 0 Å². The maximum Gasteiger partial charge on any atom is 0.317 e. The van der Waals surface area contributed by atoms with Gasteiger partial charge in [0.05, 0.1) is 17.9 Å². The molecule has 4 nitrogen and oxygen atoms in total. The molecule has 0 bridgehead atoms. The number of carbonyl (C=O) groups excluding carboxylic acids is 2. The SMILES string of the molecule is C/C1=C\[C@H]2/C(=C(/C)CC[C@]3(C)C(=O)C=C(C(C)C)[C@H]3CC1)OC(=O)[C@@H]2[C@H](C)O. The van der Waals surface area contributed by atoms with E-state index in [1.165, 1.54) is 11.1 Å². The minimum absolute atomic E-state index is 0.214. The van der Waals surface area contributed by atoms with Gasteiger partial charge in [-0.2, -0.15) is 0 Å². The maximum atomic E-state index is 13.0. The summed E-state index contributed by atoms with van der Waals surface area (Å²) >= 11 is 0.